The highest BCUT2D eigenvalue weighted by Gasteiger charge is 2.25. The van der Waals surface area contributed by atoms with Gasteiger partial charge in [0.15, 0.2) is 0 Å². The molecule has 3 nitrogen and oxygen atoms in total. The van der Waals surface area contributed by atoms with Crippen LogP contribution in [0.15, 0.2) is 18.2 Å². The van der Waals surface area contributed by atoms with E-state index < -0.39 is 0 Å². The SMILES string of the molecule is C[C@H]1CNCCN1C(=O)c1cc(Cl)ccc1Cl. The molecule has 92 valence electrons. The molecular formula is C12H14Cl2N2O. The summed E-state index contributed by atoms with van der Waals surface area (Å²) in [6, 6.07) is 5.14. The summed E-state index contributed by atoms with van der Waals surface area (Å²) in [6.07, 6.45) is 0. The van der Waals surface area contributed by atoms with Crippen molar-refractivity contribution in [3.63, 3.8) is 0 Å². The van der Waals surface area contributed by atoms with Crippen LogP contribution in [0.2, 0.25) is 10.0 Å². The third-order valence-electron chi connectivity index (χ3n) is 2.92. The van der Waals surface area contributed by atoms with Crippen molar-refractivity contribution in [2.24, 2.45) is 0 Å². The van der Waals surface area contributed by atoms with E-state index in [2.05, 4.69) is 5.32 Å². The first-order valence-corrected chi connectivity index (χ1v) is 6.32. The number of rotatable bonds is 1. The predicted octanol–water partition coefficient (Wildman–Crippen LogP) is 2.43. The smallest absolute Gasteiger partial charge is 0.255 e. The Bertz CT molecular complexity index is 437. The largest absolute Gasteiger partial charge is 0.333 e. The Labute approximate surface area is 111 Å². The molecule has 1 atom stereocenters. The summed E-state index contributed by atoms with van der Waals surface area (Å²) in [5.41, 5.74) is 0.480. The second-order valence-corrected chi connectivity index (χ2v) is 5.02. The van der Waals surface area contributed by atoms with Crippen LogP contribution in [-0.4, -0.2) is 36.5 Å². The zero-order valence-corrected chi connectivity index (χ0v) is 11.1. The first kappa shape index (κ1) is 12.7. The van der Waals surface area contributed by atoms with E-state index in [0.29, 0.717) is 22.2 Å². The van der Waals surface area contributed by atoms with Crippen molar-refractivity contribution in [2.45, 2.75) is 13.0 Å². The van der Waals surface area contributed by atoms with Gasteiger partial charge < -0.3 is 10.2 Å². The molecule has 0 bridgehead atoms. The molecule has 1 aromatic rings. The Morgan fingerprint density at radius 2 is 2.24 bits per heavy atom. The maximum Gasteiger partial charge on any atom is 0.255 e. The van der Waals surface area contributed by atoms with Crippen LogP contribution in [0.4, 0.5) is 0 Å². The van der Waals surface area contributed by atoms with Gasteiger partial charge in [-0.05, 0) is 25.1 Å². The molecule has 5 heteroatoms. The minimum atomic E-state index is -0.0495. The molecule has 0 radical (unpaired) electrons. The van der Waals surface area contributed by atoms with E-state index in [1.807, 2.05) is 11.8 Å². The van der Waals surface area contributed by atoms with E-state index in [0.717, 1.165) is 13.1 Å². The second-order valence-electron chi connectivity index (χ2n) is 4.18. The fourth-order valence-electron chi connectivity index (χ4n) is 1.96. The monoisotopic (exact) mass is 272 g/mol. The summed E-state index contributed by atoms with van der Waals surface area (Å²) in [6.45, 7) is 4.34. The molecule has 0 spiro atoms. The van der Waals surface area contributed by atoms with Crippen LogP contribution in [0.1, 0.15) is 17.3 Å². The molecule has 1 N–H and O–H groups in total. The summed E-state index contributed by atoms with van der Waals surface area (Å²) in [7, 11) is 0. The summed E-state index contributed by atoms with van der Waals surface area (Å²) in [5, 5.41) is 4.22. The van der Waals surface area contributed by atoms with Crippen molar-refractivity contribution < 1.29 is 4.79 Å². The Morgan fingerprint density at radius 1 is 1.47 bits per heavy atom. The first-order chi connectivity index (χ1) is 8.09. The van der Waals surface area contributed by atoms with E-state index in [1.54, 1.807) is 18.2 Å². The molecule has 1 aliphatic rings. The molecule has 0 aliphatic carbocycles. The predicted molar refractivity (Wildman–Crippen MR) is 69.8 cm³/mol. The number of carbonyl (C=O) groups is 1. The van der Waals surface area contributed by atoms with Gasteiger partial charge in [-0.2, -0.15) is 0 Å². The number of benzene rings is 1. The lowest BCUT2D eigenvalue weighted by atomic mass is 10.1. The molecule has 2 rings (SSSR count). The van der Waals surface area contributed by atoms with Crippen LogP contribution < -0.4 is 5.32 Å². The van der Waals surface area contributed by atoms with E-state index >= 15 is 0 Å². The van der Waals surface area contributed by atoms with Crippen molar-refractivity contribution in [2.75, 3.05) is 19.6 Å². The van der Waals surface area contributed by atoms with Gasteiger partial charge in [0.25, 0.3) is 5.91 Å². The van der Waals surface area contributed by atoms with Crippen molar-refractivity contribution >= 4 is 29.1 Å². The average Bonchev–Trinajstić information content (AvgIpc) is 2.32. The number of nitrogens with zero attached hydrogens (tertiary/aromatic N) is 1. The van der Waals surface area contributed by atoms with Gasteiger partial charge >= 0.3 is 0 Å². The van der Waals surface area contributed by atoms with Gasteiger partial charge in [0, 0.05) is 30.7 Å². The number of piperazine rings is 1. The van der Waals surface area contributed by atoms with Gasteiger partial charge in [-0.15, -0.1) is 0 Å². The maximum atomic E-state index is 12.3. The highest BCUT2D eigenvalue weighted by molar-refractivity contribution is 6.35. The van der Waals surface area contributed by atoms with Crippen molar-refractivity contribution in [3.8, 4) is 0 Å². The van der Waals surface area contributed by atoms with Crippen molar-refractivity contribution in [1.82, 2.24) is 10.2 Å². The topological polar surface area (TPSA) is 32.3 Å². The summed E-state index contributed by atoms with van der Waals surface area (Å²) in [4.78, 5) is 14.2. The lowest BCUT2D eigenvalue weighted by Gasteiger charge is -2.34. The molecule has 1 aromatic carbocycles. The van der Waals surface area contributed by atoms with E-state index in [1.165, 1.54) is 0 Å². The number of amides is 1. The Hall–Kier alpha value is -0.770. The van der Waals surface area contributed by atoms with Gasteiger partial charge in [-0.3, -0.25) is 4.79 Å². The van der Waals surface area contributed by atoms with Crippen molar-refractivity contribution in [1.29, 1.82) is 0 Å². The first-order valence-electron chi connectivity index (χ1n) is 5.56. The van der Waals surface area contributed by atoms with E-state index in [9.17, 15) is 4.79 Å². The third-order valence-corrected chi connectivity index (χ3v) is 3.49. The Balaban J connectivity index is 2.26. The van der Waals surface area contributed by atoms with Crippen LogP contribution in [0.5, 0.6) is 0 Å². The molecule has 0 aromatic heterocycles. The molecule has 1 amide bonds. The number of hydrogen-bond donors (Lipinski definition) is 1. The molecule has 0 saturated carbocycles. The number of hydrogen-bond acceptors (Lipinski definition) is 2. The second kappa shape index (κ2) is 5.25. The van der Waals surface area contributed by atoms with E-state index in [-0.39, 0.29) is 11.9 Å². The van der Waals surface area contributed by atoms with Gasteiger partial charge in [0.2, 0.25) is 0 Å². The van der Waals surface area contributed by atoms with Crippen LogP contribution in [0.25, 0.3) is 0 Å². The van der Waals surface area contributed by atoms with Crippen LogP contribution in [-0.2, 0) is 0 Å². The van der Waals surface area contributed by atoms with Gasteiger partial charge in [0.1, 0.15) is 0 Å². The number of carbonyl (C=O) groups excluding carboxylic acids is 1. The minimum absolute atomic E-state index is 0.0495. The lowest BCUT2D eigenvalue weighted by Crippen LogP contribution is -2.52. The summed E-state index contributed by atoms with van der Waals surface area (Å²) >= 11 is 11.9. The Kier molecular flexibility index (Phi) is 3.92. The molecule has 0 unspecified atom stereocenters. The fourth-order valence-corrected chi connectivity index (χ4v) is 2.33. The summed E-state index contributed by atoms with van der Waals surface area (Å²) < 4.78 is 0. The van der Waals surface area contributed by atoms with Gasteiger partial charge in [-0.1, -0.05) is 23.2 Å². The molecular weight excluding hydrogens is 259 g/mol. The summed E-state index contributed by atoms with van der Waals surface area (Å²) in [5.74, 6) is -0.0495. The molecule has 1 aliphatic heterocycles. The van der Waals surface area contributed by atoms with Gasteiger partial charge in [-0.25, -0.2) is 0 Å². The fraction of sp³-hybridized carbons (Fsp3) is 0.417. The van der Waals surface area contributed by atoms with Crippen molar-refractivity contribution in [3.05, 3.63) is 33.8 Å². The third kappa shape index (κ3) is 2.73. The average molecular weight is 273 g/mol. The standard InChI is InChI=1S/C12H14Cl2N2O/c1-8-7-15-4-5-16(8)12(17)10-6-9(13)2-3-11(10)14/h2-3,6,8,15H,4-5,7H2,1H3/t8-/m0/s1. The van der Waals surface area contributed by atoms with Gasteiger partial charge in [0.05, 0.1) is 10.6 Å². The highest BCUT2D eigenvalue weighted by atomic mass is 35.5. The lowest BCUT2D eigenvalue weighted by molar-refractivity contribution is 0.0656. The highest BCUT2D eigenvalue weighted by Crippen LogP contribution is 2.23. The zero-order valence-electron chi connectivity index (χ0n) is 9.54. The van der Waals surface area contributed by atoms with E-state index in [4.69, 9.17) is 23.2 Å². The molecule has 1 saturated heterocycles. The molecule has 1 fully saturated rings. The Morgan fingerprint density at radius 3 is 2.94 bits per heavy atom. The minimum Gasteiger partial charge on any atom is -0.333 e. The van der Waals surface area contributed by atoms with Crippen LogP contribution in [0.3, 0.4) is 0 Å². The van der Waals surface area contributed by atoms with Crippen LogP contribution >= 0.6 is 23.2 Å². The molecule has 1 heterocycles. The molecule has 17 heavy (non-hydrogen) atoms. The maximum absolute atomic E-state index is 12.3. The number of halogens is 2. The zero-order chi connectivity index (χ0) is 12.4. The number of nitrogens with one attached hydrogen (secondary N) is 1. The quantitative estimate of drug-likeness (QED) is 0.852. The normalized spacial score (nSPS) is 20.4. The van der Waals surface area contributed by atoms with Crippen LogP contribution in [0, 0.1) is 0 Å².